The summed E-state index contributed by atoms with van der Waals surface area (Å²) in [4.78, 5) is -1.18. The van der Waals surface area contributed by atoms with E-state index in [1.54, 1.807) is 0 Å². The fraction of sp³-hybridized carbons (Fsp3) is 0.500. The van der Waals surface area contributed by atoms with Gasteiger partial charge >= 0.3 is 0 Å². The second kappa shape index (κ2) is 5.01. The molecule has 1 aliphatic heterocycles. The van der Waals surface area contributed by atoms with E-state index in [2.05, 4.69) is 0 Å². The largest absolute Gasteiger partial charge is 0.389 e. The van der Waals surface area contributed by atoms with Crippen LogP contribution in [0.3, 0.4) is 0 Å². The first kappa shape index (κ1) is 15.3. The number of β-amino-alcohol motifs (C(OH)–C–C–N with tert-alkyl or cyclic N) is 1. The summed E-state index contributed by atoms with van der Waals surface area (Å²) in [6.45, 7) is 1.24. The van der Waals surface area contributed by atoms with Crippen molar-refractivity contribution in [3.05, 3.63) is 29.6 Å². The minimum absolute atomic E-state index is 0.0503. The molecule has 0 spiro atoms. The maximum absolute atomic E-state index is 13.6. The molecule has 1 heterocycles. The third-order valence-electron chi connectivity index (χ3n) is 3.20. The molecule has 112 valence electrons. The highest BCUT2D eigenvalue weighted by atomic mass is 32.2. The molecule has 2 rings (SSSR count). The van der Waals surface area contributed by atoms with Crippen LogP contribution < -0.4 is 0 Å². The van der Waals surface area contributed by atoms with Crippen LogP contribution >= 0.6 is 0 Å². The van der Waals surface area contributed by atoms with Crippen LogP contribution in [-0.2, 0) is 10.0 Å². The van der Waals surface area contributed by atoms with E-state index in [1.807, 2.05) is 0 Å². The zero-order chi connectivity index (χ0) is 15.1. The quantitative estimate of drug-likeness (QED) is 0.903. The number of aliphatic hydroxyl groups is 1. The van der Waals surface area contributed by atoms with Crippen LogP contribution in [0.1, 0.15) is 19.8 Å². The van der Waals surface area contributed by atoms with Gasteiger partial charge in [-0.15, -0.1) is 0 Å². The summed E-state index contributed by atoms with van der Waals surface area (Å²) in [7, 11) is -4.45. The van der Waals surface area contributed by atoms with Gasteiger partial charge in [-0.2, -0.15) is 4.31 Å². The molecule has 8 heteroatoms. The van der Waals surface area contributed by atoms with E-state index < -0.39 is 38.0 Å². The van der Waals surface area contributed by atoms with Crippen molar-refractivity contribution < 1.29 is 26.7 Å². The molecule has 0 aliphatic carbocycles. The number of hydrogen-bond acceptors (Lipinski definition) is 3. The summed E-state index contributed by atoms with van der Waals surface area (Å²) in [5, 5.41) is 9.88. The number of rotatable bonds is 2. The second-order valence-corrected chi connectivity index (χ2v) is 7.01. The Morgan fingerprint density at radius 2 is 1.80 bits per heavy atom. The van der Waals surface area contributed by atoms with E-state index in [1.165, 1.54) is 6.92 Å². The molecule has 1 atom stereocenters. The van der Waals surface area contributed by atoms with Gasteiger partial charge in [0.2, 0.25) is 10.0 Å². The molecule has 1 aliphatic rings. The van der Waals surface area contributed by atoms with Gasteiger partial charge in [0.05, 0.1) is 5.60 Å². The van der Waals surface area contributed by atoms with Crippen LogP contribution in [0.25, 0.3) is 0 Å². The van der Waals surface area contributed by atoms with Crippen LogP contribution in [-0.4, -0.2) is 36.5 Å². The molecule has 4 nitrogen and oxygen atoms in total. The maximum atomic E-state index is 13.6. The molecule has 20 heavy (non-hydrogen) atoms. The van der Waals surface area contributed by atoms with Crippen molar-refractivity contribution in [1.29, 1.82) is 0 Å². The normalized spacial score (nSPS) is 24.9. The van der Waals surface area contributed by atoms with Crippen molar-refractivity contribution >= 4 is 10.0 Å². The highest BCUT2D eigenvalue weighted by Gasteiger charge is 2.38. The molecule has 1 aromatic carbocycles. The van der Waals surface area contributed by atoms with E-state index >= 15 is 0 Å². The van der Waals surface area contributed by atoms with Crippen LogP contribution in [0, 0.1) is 17.5 Å². The van der Waals surface area contributed by atoms with Crippen LogP contribution in [0.2, 0.25) is 0 Å². The van der Waals surface area contributed by atoms with Crippen LogP contribution in [0.5, 0.6) is 0 Å². The van der Waals surface area contributed by atoms with Gasteiger partial charge in [0, 0.05) is 25.2 Å². The lowest BCUT2D eigenvalue weighted by Crippen LogP contribution is -2.48. The third kappa shape index (κ3) is 2.82. The van der Waals surface area contributed by atoms with Gasteiger partial charge in [0.1, 0.15) is 17.5 Å². The topological polar surface area (TPSA) is 57.6 Å². The summed E-state index contributed by atoms with van der Waals surface area (Å²) in [5.41, 5.74) is -1.25. The lowest BCUT2D eigenvalue weighted by molar-refractivity contribution is 0.00927. The van der Waals surface area contributed by atoms with Crippen molar-refractivity contribution in [2.24, 2.45) is 0 Å². The van der Waals surface area contributed by atoms with Gasteiger partial charge < -0.3 is 5.11 Å². The summed E-state index contributed by atoms with van der Waals surface area (Å²) >= 11 is 0. The molecular formula is C12H14F3NO3S. The number of piperidine rings is 1. The molecule has 0 bridgehead atoms. The van der Waals surface area contributed by atoms with E-state index in [4.69, 9.17) is 0 Å². The molecule has 1 unspecified atom stereocenters. The predicted molar refractivity (Wildman–Crippen MR) is 64.9 cm³/mol. The van der Waals surface area contributed by atoms with E-state index in [0.717, 1.165) is 4.31 Å². The Balaban J connectivity index is 2.46. The van der Waals surface area contributed by atoms with Gasteiger partial charge in [-0.3, -0.25) is 0 Å². The van der Waals surface area contributed by atoms with Crippen LogP contribution in [0.15, 0.2) is 17.0 Å². The molecular weight excluding hydrogens is 295 g/mol. The van der Waals surface area contributed by atoms with E-state index in [0.29, 0.717) is 25.0 Å². The average molecular weight is 309 g/mol. The smallest absolute Gasteiger partial charge is 0.249 e. The minimum Gasteiger partial charge on any atom is -0.389 e. The molecule has 1 saturated heterocycles. The van der Waals surface area contributed by atoms with E-state index in [9.17, 15) is 26.7 Å². The molecule has 0 amide bonds. The fourth-order valence-electron chi connectivity index (χ4n) is 2.28. The average Bonchev–Trinajstić information content (AvgIpc) is 2.25. The van der Waals surface area contributed by atoms with Crippen molar-refractivity contribution in [1.82, 2.24) is 4.31 Å². The lowest BCUT2D eigenvalue weighted by Gasteiger charge is -2.35. The molecule has 1 N–H and O–H groups in total. The number of sulfonamides is 1. The fourth-order valence-corrected chi connectivity index (χ4v) is 3.97. The molecule has 0 saturated carbocycles. The predicted octanol–water partition coefficient (Wildman–Crippen LogP) is 1.64. The number of nitrogens with zero attached hydrogens (tertiary/aromatic N) is 1. The Kier molecular flexibility index (Phi) is 3.83. The summed E-state index contributed by atoms with van der Waals surface area (Å²) in [6, 6.07) is 0.635. The highest BCUT2D eigenvalue weighted by Crippen LogP contribution is 2.29. The highest BCUT2D eigenvalue weighted by molar-refractivity contribution is 7.89. The standard InChI is InChI=1S/C12H14F3NO3S/c1-12(17)3-2-4-16(7-12)20(18,19)11-9(14)5-8(13)6-10(11)15/h5-6,17H,2-4,7H2,1H3. The third-order valence-corrected chi connectivity index (χ3v) is 5.10. The monoisotopic (exact) mass is 309 g/mol. The van der Waals surface area contributed by atoms with Crippen molar-refractivity contribution in [3.63, 3.8) is 0 Å². The maximum Gasteiger partial charge on any atom is 0.249 e. The number of benzene rings is 1. The Bertz CT molecular complexity index is 608. The van der Waals surface area contributed by atoms with Gasteiger partial charge in [-0.1, -0.05) is 0 Å². The molecule has 1 aromatic rings. The van der Waals surface area contributed by atoms with Crippen molar-refractivity contribution in [2.75, 3.05) is 13.1 Å². The lowest BCUT2D eigenvalue weighted by atomic mass is 9.97. The van der Waals surface area contributed by atoms with Gasteiger partial charge in [0.25, 0.3) is 0 Å². The Morgan fingerprint density at radius 3 is 2.30 bits per heavy atom. The number of halogens is 3. The van der Waals surface area contributed by atoms with E-state index in [-0.39, 0.29) is 13.1 Å². The molecule has 0 radical (unpaired) electrons. The first-order chi connectivity index (χ1) is 9.13. The Hall–Kier alpha value is -1.12. The first-order valence-corrected chi connectivity index (χ1v) is 7.44. The van der Waals surface area contributed by atoms with Gasteiger partial charge in [-0.05, 0) is 19.8 Å². The first-order valence-electron chi connectivity index (χ1n) is 6.00. The Labute approximate surface area is 114 Å². The van der Waals surface area contributed by atoms with Gasteiger partial charge in [0.15, 0.2) is 4.90 Å². The Morgan fingerprint density at radius 1 is 1.25 bits per heavy atom. The van der Waals surface area contributed by atoms with Crippen molar-refractivity contribution in [3.8, 4) is 0 Å². The zero-order valence-electron chi connectivity index (χ0n) is 10.7. The van der Waals surface area contributed by atoms with Gasteiger partial charge in [-0.25, -0.2) is 21.6 Å². The minimum atomic E-state index is -4.45. The molecule has 0 aromatic heterocycles. The summed E-state index contributed by atoms with van der Waals surface area (Å²) in [5.74, 6) is -4.15. The van der Waals surface area contributed by atoms with Crippen molar-refractivity contribution in [2.45, 2.75) is 30.3 Å². The SMILES string of the molecule is CC1(O)CCCN(S(=O)(=O)c2c(F)cc(F)cc2F)C1. The molecule has 1 fully saturated rings. The number of hydrogen-bond donors (Lipinski definition) is 1. The summed E-state index contributed by atoms with van der Waals surface area (Å²) in [6.07, 6.45) is 0.768. The zero-order valence-corrected chi connectivity index (χ0v) is 11.6. The summed E-state index contributed by atoms with van der Waals surface area (Å²) < 4.78 is 65.3. The second-order valence-electron chi connectivity index (χ2n) is 5.14. The van der Waals surface area contributed by atoms with Crippen LogP contribution in [0.4, 0.5) is 13.2 Å².